The quantitative estimate of drug-likeness (QED) is 0.363. The summed E-state index contributed by atoms with van der Waals surface area (Å²) in [5.41, 5.74) is 0. The van der Waals surface area contributed by atoms with Crippen molar-refractivity contribution in [1.82, 2.24) is 14.9 Å². The molecule has 0 fully saturated rings. The first-order valence-corrected chi connectivity index (χ1v) is 4.94. The molecule has 0 aliphatic carbocycles. The van der Waals surface area contributed by atoms with Gasteiger partial charge in [-0.1, -0.05) is 11.6 Å². The average molecular weight is 311 g/mol. The molecule has 1 aromatic rings. The van der Waals surface area contributed by atoms with Crippen LogP contribution in [0.4, 0.5) is 5.95 Å². The Hall–Kier alpha value is -0.430. The van der Waals surface area contributed by atoms with Gasteiger partial charge in [0.2, 0.25) is 0 Å². The third-order valence-electron chi connectivity index (χ3n) is 1.09. The molecule has 0 amide bonds. The molecule has 6 heteroatoms. The van der Waals surface area contributed by atoms with Crippen molar-refractivity contribution in [2.75, 3.05) is 14.1 Å². The minimum atomic E-state index is 0.374. The van der Waals surface area contributed by atoms with Crippen molar-refractivity contribution in [2.45, 2.75) is 0 Å². The van der Waals surface area contributed by atoms with Gasteiger partial charge in [0.05, 0.1) is 9.91 Å². The standard InChI is InChI=1S/C7H8ClIN4/c1-13(2)4-11-7-10-3-5(9)6(8)12-7/h3-4H,1-2H3/b11-4+. The molecule has 0 aliphatic heterocycles. The van der Waals surface area contributed by atoms with Crippen LogP contribution >= 0.6 is 34.2 Å². The van der Waals surface area contributed by atoms with Gasteiger partial charge in [-0.15, -0.1) is 0 Å². The summed E-state index contributed by atoms with van der Waals surface area (Å²) in [5, 5.41) is 0.432. The number of nitrogens with zero attached hydrogens (tertiary/aromatic N) is 4. The smallest absolute Gasteiger partial charge is 0.252 e. The molecule has 0 saturated carbocycles. The summed E-state index contributed by atoms with van der Waals surface area (Å²) in [6.45, 7) is 0. The minimum absolute atomic E-state index is 0.374. The van der Waals surface area contributed by atoms with Gasteiger partial charge in [0.1, 0.15) is 5.15 Å². The van der Waals surface area contributed by atoms with E-state index in [-0.39, 0.29) is 0 Å². The molecule has 1 aromatic heterocycles. The fraction of sp³-hybridized carbons (Fsp3) is 0.286. The molecule has 1 heterocycles. The molecule has 0 aromatic carbocycles. The van der Waals surface area contributed by atoms with E-state index in [9.17, 15) is 0 Å². The summed E-state index contributed by atoms with van der Waals surface area (Å²) < 4.78 is 0.822. The van der Waals surface area contributed by atoms with E-state index in [0.29, 0.717) is 11.1 Å². The lowest BCUT2D eigenvalue weighted by atomic mass is 10.7. The third-order valence-corrected chi connectivity index (χ3v) is 2.49. The van der Waals surface area contributed by atoms with Crippen LogP contribution in [-0.2, 0) is 0 Å². The number of hydrogen-bond donors (Lipinski definition) is 0. The van der Waals surface area contributed by atoms with Crippen molar-refractivity contribution >= 4 is 46.5 Å². The van der Waals surface area contributed by atoms with Crippen molar-refractivity contribution in [3.05, 3.63) is 14.9 Å². The molecule has 0 bridgehead atoms. The largest absolute Gasteiger partial charge is 0.369 e. The van der Waals surface area contributed by atoms with Crippen LogP contribution in [0.3, 0.4) is 0 Å². The molecular weight excluding hydrogens is 302 g/mol. The van der Waals surface area contributed by atoms with Gasteiger partial charge in [0.25, 0.3) is 5.95 Å². The van der Waals surface area contributed by atoms with Crippen LogP contribution in [0.2, 0.25) is 5.15 Å². The summed E-state index contributed by atoms with van der Waals surface area (Å²) in [6.07, 6.45) is 3.26. The topological polar surface area (TPSA) is 41.4 Å². The summed E-state index contributed by atoms with van der Waals surface area (Å²) in [5.74, 6) is 0.374. The van der Waals surface area contributed by atoms with E-state index in [1.54, 1.807) is 17.4 Å². The summed E-state index contributed by atoms with van der Waals surface area (Å²) in [7, 11) is 3.75. The maximum Gasteiger partial charge on any atom is 0.252 e. The second-order valence-electron chi connectivity index (χ2n) is 2.52. The Bertz CT molecular complexity index is 326. The molecule has 0 N–H and O–H groups in total. The van der Waals surface area contributed by atoms with Gasteiger partial charge in [-0.2, -0.15) is 4.98 Å². The molecule has 0 aliphatic rings. The van der Waals surface area contributed by atoms with Crippen molar-refractivity contribution in [3.63, 3.8) is 0 Å². The Morgan fingerprint density at radius 1 is 1.62 bits per heavy atom. The third kappa shape index (κ3) is 3.43. The highest BCUT2D eigenvalue weighted by atomic mass is 127. The minimum Gasteiger partial charge on any atom is -0.369 e. The predicted molar refractivity (Wildman–Crippen MR) is 61.6 cm³/mol. The first kappa shape index (κ1) is 10.6. The Labute approximate surface area is 95.2 Å². The zero-order valence-electron chi connectivity index (χ0n) is 7.20. The monoisotopic (exact) mass is 310 g/mol. The van der Waals surface area contributed by atoms with Crippen LogP contribution in [0.5, 0.6) is 0 Å². The number of hydrogen-bond acceptors (Lipinski definition) is 3. The van der Waals surface area contributed by atoms with E-state index in [1.165, 1.54) is 0 Å². The maximum atomic E-state index is 5.78. The van der Waals surface area contributed by atoms with Crippen LogP contribution in [0.15, 0.2) is 11.2 Å². The Morgan fingerprint density at radius 2 is 2.31 bits per heavy atom. The van der Waals surface area contributed by atoms with Crippen molar-refractivity contribution in [2.24, 2.45) is 4.99 Å². The highest BCUT2D eigenvalue weighted by Crippen LogP contribution is 2.16. The van der Waals surface area contributed by atoms with Crippen LogP contribution in [-0.4, -0.2) is 35.3 Å². The van der Waals surface area contributed by atoms with Gasteiger partial charge in [-0.3, -0.25) is 0 Å². The van der Waals surface area contributed by atoms with Gasteiger partial charge in [-0.25, -0.2) is 9.98 Å². The highest BCUT2D eigenvalue weighted by Gasteiger charge is 1.99. The molecule has 0 unspecified atom stereocenters. The van der Waals surface area contributed by atoms with E-state index in [0.717, 1.165) is 3.57 Å². The fourth-order valence-corrected chi connectivity index (χ4v) is 0.951. The van der Waals surface area contributed by atoms with E-state index in [4.69, 9.17) is 11.6 Å². The number of aliphatic imine (C=N–C) groups is 1. The van der Waals surface area contributed by atoms with E-state index in [2.05, 4.69) is 37.6 Å². The summed E-state index contributed by atoms with van der Waals surface area (Å²) >= 11 is 7.85. The fourth-order valence-electron chi connectivity index (χ4n) is 0.567. The van der Waals surface area contributed by atoms with E-state index in [1.807, 2.05) is 14.1 Å². The van der Waals surface area contributed by atoms with Gasteiger partial charge in [-0.05, 0) is 22.6 Å². The average Bonchev–Trinajstić information content (AvgIpc) is 2.07. The van der Waals surface area contributed by atoms with Gasteiger partial charge in [0.15, 0.2) is 0 Å². The second kappa shape index (κ2) is 4.71. The number of halogens is 2. The molecule has 4 nitrogen and oxygen atoms in total. The molecule has 70 valence electrons. The van der Waals surface area contributed by atoms with Crippen molar-refractivity contribution < 1.29 is 0 Å². The molecule has 0 spiro atoms. The van der Waals surface area contributed by atoms with Crippen LogP contribution < -0.4 is 0 Å². The lowest BCUT2D eigenvalue weighted by molar-refractivity contribution is 0.642. The predicted octanol–water partition coefficient (Wildman–Crippen LogP) is 1.96. The molecular formula is C7H8ClIN4. The Kier molecular flexibility index (Phi) is 3.86. The lowest BCUT2D eigenvalue weighted by Crippen LogP contribution is -2.07. The normalized spacial score (nSPS) is 10.8. The zero-order chi connectivity index (χ0) is 9.84. The lowest BCUT2D eigenvalue weighted by Gasteiger charge is -2.01. The molecule has 13 heavy (non-hydrogen) atoms. The number of aromatic nitrogens is 2. The van der Waals surface area contributed by atoms with E-state index >= 15 is 0 Å². The molecule has 0 radical (unpaired) electrons. The van der Waals surface area contributed by atoms with Crippen LogP contribution in [0, 0.1) is 3.57 Å². The van der Waals surface area contributed by atoms with Crippen LogP contribution in [0.25, 0.3) is 0 Å². The van der Waals surface area contributed by atoms with Gasteiger partial charge < -0.3 is 4.90 Å². The SMILES string of the molecule is CN(C)/C=N/c1ncc(I)c(Cl)n1. The molecule has 1 rings (SSSR count). The van der Waals surface area contributed by atoms with Crippen molar-refractivity contribution in [3.8, 4) is 0 Å². The summed E-state index contributed by atoms with van der Waals surface area (Å²) in [6, 6.07) is 0. The second-order valence-corrected chi connectivity index (χ2v) is 4.04. The first-order valence-electron chi connectivity index (χ1n) is 3.48. The number of rotatable bonds is 2. The van der Waals surface area contributed by atoms with Gasteiger partial charge >= 0.3 is 0 Å². The first-order chi connectivity index (χ1) is 6.09. The Morgan fingerprint density at radius 3 is 2.85 bits per heavy atom. The van der Waals surface area contributed by atoms with Gasteiger partial charge in [0, 0.05) is 20.3 Å². The van der Waals surface area contributed by atoms with Crippen LogP contribution in [0.1, 0.15) is 0 Å². The molecule has 0 saturated heterocycles. The maximum absolute atomic E-state index is 5.78. The van der Waals surface area contributed by atoms with Crippen molar-refractivity contribution in [1.29, 1.82) is 0 Å². The Balaban J connectivity index is 2.85. The highest BCUT2D eigenvalue weighted by molar-refractivity contribution is 14.1. The molecule has 0 atom stereocenters. The summed E-state index contributed by atoms with van der Waals surface area (Å²) in [4.78, 5) is 13.7. The van der Waals surface area contributed by atoms with E-state index < -0.39 is 0 Å². The zero-order valence-corrected chi connectivity index (χ0v) is 10.1.